The van der Waals surface area contributed by atoms with E-state index in [4.69, 9.17) is 0 Å². The Hall–Kier alpha value is -3.28. The lowest BCUT2D eigenvalue weighted by molar-refractivity contribution is 0.648. The second-order valence-electron chi connectivity index (χ2n) is 6.39. The fraction of sp³-hybridized carbons (Fsp3) is 0.200. The quantitative estimate of drug-likeness (QED) is 0.576. The Kier molecular flexibility index (Phi) is 4.08. The van der Waals surface area contributed by atoms with Gasteiger partial charge in [0.1, 0.15) is 0 Å². The molecular weight excluding hydrogens is 328 g/mol. The molecule has 0 spiro atoms. The van der Waals surface area contributed by atoms with Crippen molar-refractivity contribution in [3.63, 3.8) is 0 Å². The summed E-state index contributed by atoms with van der Waals surface area (Å²) >= 11 is 0. The van der Waals surface area contributed by atoms with E-state index >= 15 is 0 Å². The highest BCUT2D eigenvalue weighted by molar-refractivity contribution is 5.79. The minimum atomic E-state index is -0.645. The summed E-state index contributed by atoms with van der Waals surface area (Å²) in [6.07, 6.45) is 1.76. The Morgan fingerprint density at radius 3 is 2.65 bits per heavy atom. The molecule has 0 bridgehead atoms. The van der Waals surface area contributed by atoms with Gasteiger partial charge in [0.25, 0.3) is 5.56 Å². The predicted molar refractivity (Wildman–Crippen MR) is 101 cm³/mol. The molecule has 0 saturated carbocycles. The van der Waals surface area contributed by atoms with E-state index in [2.05, 4.69) is 27.1 Å². The number of nitrogens with one attached hydrogen (secondary N) is 1. The predicted octanol–water partition coefficient (Wildman–Crippen LogP) is 2.53. The van der Waals surface area contributed by atoms with Crippen LogP contribution in [0, 0.1) is 6.92 Å². The first kappa shape index (κ1) is 16.2. The van der Waals surface area contributed by atoms with E-state index in [1.807, 2.05) is 47.9 Å². The van der Waals surface area contributed by atoms with Crippen LogP contribution in [0.15, 0.2) is 58.1 Å². The van der Waals surface area contributed by atoms with Crippen LogP contribution in [0.3, 0.4) is 0 Å². The Morgan fingerprint density at radius 1 is 1.04 bits per heavy atom. The number of aromatic nitrogens is 4. The van der Waals surface area contributed by atoms with Gasteiger partial charge in [-0.05, 0) is 43.0 Å². The van der Waals surface area contributed by atoms with Crippen molar-refractivity contribution in [1.82, 2.24) is 19.5 Å². The monoisotopic (exact) mass is 346 g/mol. The van der Waals surface area contributed by atoms with E-state index in [0.29, 0.717) is 17.9 Å². The van der Waals surface area contributed by atoms with Crippen LogP contribution < -0.4 is 11.2 Å². The smallest absolute Gasteiger partial charge is 0.322 e. The summed E-state index contributed by atoms with van der Waals surface area (Å²) in [5, 5.41) is 0. The molecule has 0 saturated heterocycles. The highest BCUT2D eigenvalue weighted by Gasteiger charge is 2.18. The second-order valence-corrected chi connectivity index (χ2v) is 6.39. The molecule has 2 aliphatic rings. The third-order valence-electron chi connectivity index (χ3n) is 4.45. The van der Waals surface area contributed by atoms with E-state index in [0.717, 1.165) is 23.9 Å². The van der Waals surface area contributed by atoms with Gasteiger partial charge >= 0.3 is 5.69 Å². The third-order valence-corrected chi connectivity index (χ3v) is 4.45. The van der Waals surface area contributed by atoms with Crippen LogP contribution in [0.5, 0.6) is 0 Å². The molecule has 2 heterocycles. The van der Waals surface area contributed by atoms with Crippen molar-refractivity contribution in [2.24, 2.45) is 0 Å². The summed E-state index contributed by atoms with van der Waals surface area (Å²) in [5.41, 5.74) is 2.98. The number of hydrogen-bond acceptors (Lipinski definition) is 4. The summed E-state index contributed by atoms with van der Waals surface area (Å²) in [7, 11) is 0. The number of hydrogen-bond donors (Lipinski definition) is 1. The molecular formula is C20H18N4O2. The lowest BCUT2D eigenvalue weighted by Gasteiger charge is -2.17. The molecule has 0 aromatic heterocycles. The molecule has 130 valence electrons. The van der Waals surface area contributed by atoms with Gasteiger partial charge in [0.2, 0.25) is 0 Å². The first-order valence-electron chi connectivity index (χ1n) is 8.57. The standard InChI is InChI=1S/C20H18N4O2/c1-13-9-10-15-16(12-13)24(11-5-8-14-6-3-2-4-7-14)18-17(21-15)19(25)23-20(26)22-18/h2-4,6-7,9-10,12H,5,8,11H2,1H3,(H,23,25,26). The molecule has 26 heavy (non-hydrogen) atoms. The molecule has 2 aliphatic heterocycles. The molecule has 1 N–H and O–H groups in total. The van der Waals surface area contributed by atoms with Crippen molar-refractivity contribution in [3.05, 3.63) is 80.5 Å². The molecule has 2 aromatic rings. The lowest BCUT2D eigenvalue weighted by Crippen LogP contribution is -2.29. The maximum Gasteiger partial charge on any atom is 0.349 e. The Labute approximate surface area is 149 Å². The maximum absolute atomic E-state index is 12.2. The van der Waals surface area contributed by atoms with Crippen LogP contribution in [0.4, 0.5) is 0 Å². The SMILES string of the molecule is Cc1ccc2nc3c(=O)[nH]c(=O)nc-3n(CCCc3ccccc3)c2c1. The first-order chi connectivity index (χ1) is 12.6. The van der Waals surface area contributed by atoms with Crippen LogP contribution in [0.1, 0.15) is 17.5 Å². The Bertz CT molecular complexity index is 1160. The minimum absolute atomic E-state index is 0.195. The van der Waals surface area contributed by atoms with Crippen LogP contribution in [0.2, 0.25) is 0 Å². The lowest BCUT2D eigenvalue weighted by atomic mass is 10.1. The van der Waals surface area contributed by atoms with Crippen molar-refractivity contribution < 1.29 is 0 Å². The molecule has 6 nitrogen and oxygen atoms in total. The summed E-state index contributed by atoms with van der Waals surface area (Å²) in [6.45, 7) is 2.64. The van der Waals surface area contributed by atoms with E-state index in [-0.39, 0.29) is 5.69 Å². The van der Waals surface area contributed by atoms with E-state index in [1.54, 1.807) is 0 Å². The van der Waals surface area contributed by atoms with Gasteiger partial charge in [0, 0.05) is 6.54 Å². The Balaban J connectivity index is 1.82. The van der Waals surface area contributed by atoms with Crippen molar-refractivity contribution in [3.8, 4) is 11.5 Å². The fourth-order valence-corrected chi connectivity index (χ4v) is 3.21. The highest BCUT2D eigenvalue weighted by Crippen LogP contribution is 2.22. The minimum Gasteiger partial charge on any atom is -0.322 e. The number of H-pyrrole nitrogens is 1. The number of fused-ring (bicyclic) bond motifs is 2. The van der Waals surface area contributed by atoms with Crippen LogP contribution in [-0.4, -0.2) is 19.5 Å². The summed E-state index contributed by atoms with van der Waals surface area (Å²) in [5.74, 6) is 0.338. The van der Waals surface area contributed by atoms with Gasteiger partial charge in [-0.1, -0.05) is 36.4 Å². The molecule has 6 heteroatoms. The molecule has 0 fully saturated rings. The molecule has 0 radical (unpaired) electrons. The van der Waals surface area contributed by atoms with Gasteiger partial charge in [-0.3, -0.25) is 9.78 Å². The number of benzene rings is 2. The number of aryl methyl sites for hydroxylation is 3. The molecule has 0 unspecified atom stereocenters. The van der Waals surface area contributed by atoms with Crippen LogP contribution >= 0.6 is 0 Å². The second kappa shape index (κ2) is 6.55. The average Bonchev–Trinajstić information content (AvgIpc) is 2.63. The van der Waals surface area contributed by atoms with Crippen molar-refractivity contribution in [2.75, 3.05) is 0 Å². The van der Waals surface area contributed by atoms with Crippen LogP contribution in [0.25, 0.3) is 22.6 Å². The van der Waals surface area contributed by atoms with Gasteiger partial charge in [-0.15, -0.1) is 0 Å². The highest BCUT2D eigenvalue weighted by atomic mass is 16.2. The van der Waals surface area contributed by atoms with Crippen molar-refractivity contribution >= 4 is 11.0 Å². The number of nitrogens with zero attached hydrogens (tertiary/aromatic N) is 3. The molecule has 0 aliphatic carbocycles. The van der Waals surface area contributed by atoms with E-state index in [1.165, 1.54) is 5.56 Å². The molecule has 4 rings (SSSR count). The van der Waals surface area contributed by atoms with Crippen molar-refractivity contribution in [2.45, 2.75) is 26.3 Å². The number of rotatable bonds is 4. The summed E-state index contributed by atoms with van der Waals surface area (Å²) in [4.78, 5) is 34.6. The molecule has 0 amide bonds. The maximum atomic E-state index is 12.2. The van der Waals surface area contributed by atoms with Crippen molar-refractivity contribution in [1.29, 1.82) is 0 Å². The first-order valence-corrected chi connectivity index (χ1v) is 8.57. The normalized spacial score (nSPS) is 11.3. The zero-order valence-electron chi connectivity index (χ0n) is 14.4. The van der Waals surface area contributed by atoms with Gasteiger partial charge in [0.05, 0.1) is 11.0 Å². The van der Waals surface area contributed by atoms with Crippen LogP contribution in [-0.2, 0) is 13.0 Å². The van der Waals surface area contributed by atoms with Gasteiger partial charge < -0.3 is 4.57 Å². The number of aromatic amines is 1. The fourth-order valence-electron chi connectivity index (χ4n) is 3.21. The topological polar surface area (TPSA) is 80.6 Å². The Morgan fingerprint density at radius 2 is 1.85 bits per heavy atom. The summed E-state index contributed by atoms with van der Waals surface area (Å²) in [6, 6.07) is 16.1. The van der Waals surface area contributed by atoms with Gasteiger partial charge in [-0.2, -0.15) is 4.98 Å². The summed E-state index contributed by atoms with van der Waals surface area (Å²) < 4.78 is 1.93. The largest absolute Gasteiger partial charge is 0.349 e. The zero-order valence-corrected chi connectivity index (χ0v) is 14.4. The molecule has 0 atom stereocenters. The van der Waals surface area contributed by atoms with Gasteiger partial charge in [-0.25, -0.2) is 9.78 Å². The van der Waals surface area contributed by atoms with E-state index < -0.39 is 11.2 Å². The third kappa shape index (κ3) is 3.01. The average molecular weight is 346 g/mol. The molecule has 2 aromatic carbocycles. The zero-order chi connectivity index (χ0) is 18.1. The van der Waals surface area contributed by atoms with Gasteiger partial charge in [0.15, 0.2) is 11.5 Å². The van der Waals surface area contributed by atoms with E-state index in [9.17, 15) is 9.59 Å².